The van der Waals surface area contributed by atoms with Crippen LogP contribution in [0.25, 0.3) is 16.9 Å². The van der Waals surface area contributed by atoms with Crippen LogP contribution in [-0.2, 0) is 4.79 Å². The molecule has 0 radical (unpaired) electrons. The summed E-state index contributed by atoms with van der Waals surface area (Å²) >= 11 is 1.24. The molecule has 0 spiro atoms. The summed E-state index contributed by atoms with van der Waals surface area (Å²) in [7, 11) is 0. The average molecular weight is 366 g/mol. The molecule has 0 aliphatic rings. The van der Waals surface area contributed by atoms with E-state index in [2.05, 4.69) is 10.3 Å². The molecule has 132 valence electrons. The highest BCUT2D eigenvalue weighted by atomic mass is 32.2. The molecule has 3 amide bonds. The van der Waals surface area contributed by atoms with E-state index in [0.717, 1.165) is 22.5 Å². The van der Waals surface area contributed by atoms with E-state index in [1.807, 2.05) is 66.1 Å². The van der Waals surface area contributed by atoms with Gasteiger partial charge in [-0.2, -0.15) is 0 Å². The van der Waals surface area contributed by atoms with E-state index in [1.54, 1.807) is 6.20 Å². The van der Waals surface area contributed by atoms with Gasteiger partial charge in [-0.1, -0.05) is 59.8 Å². The number of hydrogen-bond acceptors (Lipinski definition) is 4. The molecule has 6 nitrogen and oxygen atoms in total. The van der Waals surface area contributed by atoms with Crippen molar-refractivity contribution in [3.05, 3.63) is 66.4 Å². The van der Waals surface area contributed by atoms with Crippen molar-refractivity contribution in [3.63, 3.8) is 0 Å². The Labute approximate surface area is 155 Å². The van der Waals surface area contributed by atoms with Crippen molar-refractivity contribution in [2.75, 3.05) is 5.75 Å². The second-order valence-corrected chi connectivity index (χ2v) is 6.61. The van der Waals surface area contributed by atoms with Gasteiger partial charge in [-0.25, -0.2) is 9.78 Å². The standard InChI is InChI=1S/C19H18N4O2S/c1-13-7-9-15(10-8-13)23-16(14-5-3-2-4-6-14)11-21-19(23)26-12-17(24)22-18(20)25/h2-11H,12H2,1H3,(H3,20,22,24,25). The number of carbonyl (C=O) groups excluding carboxylic acids is 2. The fourth-order valence-corrected chi connectivity index (χ4v) is 3.29. The summed E-state index contributed by atoms with van der Waals surface area (Å²) in [5.74, 6) is -0.415. The number of primary amides is 1. The summed E-state index contributed by atoms with van der Waals surface area (Å²) in [5, 5.41) is 2.72. The number of benzene rings is 2. The van der Waals surface area contributed by atoms with Crippen molar-refractivity contribution in [1.29, 1.82) is 0 Å². The van der Waals surface area contributed by atoms with Gasteiger partial charge in [0.05, 0.1) is 17.6 Å². The first-order valence-electron chi connectivity index (χ1n) is 7.97. The van der Waals surface area contributed by atoms with Crippen LogP contribution in [0.5, 0.6) is 0 Å². The van der Waals surface area contributed by atoms with Crippen molar-refractivity contribution >= 4 is 23.7 Å². The molecule has 0 aliphatic carbocycles. The van der Waals surface area contributed by atoms with Gasteiger partial charge in [-0.3, -0.25) is 14.7 Å². The Morgan fingerprint density at radius 2 is 1.81 bits per heavy atom. The first-order valence-corrected chi connectivity index (χ1v) is 8.95. The minimum atomic E-state index is -0.859. The maximum absolute atomic E-state index is 11.7. The minimum absolute atomic E-state index is 0.0417. The number of aromatic nitrogens is 2. The normalized spacial score (nSPS) is 10.5. The maximum atomic E-state index is 11.7. The minimum Gasteiger partial charge on any atom is -0.351 e. The Balaban J connectivity index is 1.97. The number of carbonyl (C=O) groups is 2. The molecule has 0 bridgehead atoms. The molecule has 0 fully saturated rings. The Hall–Kier alpha value is -3.06. The van der Waals surface area contributed by atoms with Crippen LogP contribution in [0.3, 0.4) is 0 Å². The third kappa shape index (κ3) is 4.12. The molecule has 0 saturated carbocycles. The molecule has 3 aromatic rings. The second-order valence-electron chi connectivity index (χ2n) is 5.66. The number of hydrogen-bond donors (Lipinski definition) is 2. The number of imide groups is 1. The second kappa shape index (κ2) is 7.88. The number of amides is 3. The van der Waals surface area contributed by atoms with Gasteiger partial charge in [0, 0.05) is 11.3 Å². The van der Waals surface area contributed by atoms with E-state index in [9.17, 15) is 9.59 Å². The van der Waals surface area contributed by atoms with E-state index < -0.39 is 11.9 Å². The lowest BCUT2D eigenvalue weighted by molar-refractivity contribution is -0.117. The molecular formula is C19H18N4O2S. The number of nitrogens with two attached hydrogens (primary N) is 1. The van der Waals surface area contributed by atoms with Crippen LogP contribution in [-0.4, -0.2) is 27.2 Å². The van der Waals surface area contributed by atoms with Crippen LogP contribution in [0.4, 0.5) is 4.79 Å². The Kier molecular flexibility index (Phi) is 5.38. The Morgan fingerprint density at radius 1 is 1.12 bits per heavy atom. The third-order valence-electron chi connectivity index (χ3n) is 3.69. The lowest BCUT2D eigenvalue weighted by atomic mass is 10.1. The van der Waals surface area contributed by atoms with Crippen LogP contribution >= 0.6 is 11.8 Å². The lowest BCUT2D eigenvalue weighted by Gasteiger charge is -2.12. The van der Waals surface area contributed by atoms with Crippen molar-refractivity contribution in [2.45, 2.75) is 12.1 Å². The fourth-order valence-electron chi connectivity index (χ4n) is 2.50. The number of rotatable bonds is 5. The first-order chi connectivity index (χ1) is 12.5. The molecular weight excluding hydrogens is 348 g/mol. The monoisotopic (exact) mass is 366 g/mol. The van der Waals surface area contributed by atoms with Gasteiger partial charge in [0.15, 0.2) is 5.16 Å². The van der Waals surface area contributed by atoms with Crippen molar-refractivity contribution in [1.82, 2.24) is 14.9 Å². The maximum Gasteiger partial charge on any atom is 0.318 e. The molecule has 0 aliphatic heterocycles. The Morgan fingerprint density at radius 3 is 2.46 bits per heavy atom. The fraction of sp³-hybridized carbons (Fsp3) is 0.105. The van der Waals surface area contributed by atoms with Crippen molar-refractivity contribution in [2.24, 2.45) is 5.73 Å². The molecule has 0 saturated heterocycles. The zero-order valence-electron chi connectivity index (χ0n) is 14.2. The van der Waals surface area contributed by atoms with Crippen molar-refractivity contribution < 1.29 is 9.59 Å². The number of nitrogens with one attached hydrogen (secondary N) is 1. The van der Waals surface area contributed by atoms with Gasteiger partial charge in [-0.15, -0.1) is 0 Å². The van der Waals surface area contributed by atoms with Gasteiger partial charge in [0.25, 0.3) is 0 Å². The van der Waals surface area contributed by atoms with Gasteiger partial charge < -0.3 is 5.73 Å². The summed E-state index contributed by atoms with van der Waals surface area (Å²) in [6.07, 6.45) is 1.78. The molecule has 7 heteroatoms. The molecule has 0 atom stereocenters. The molecule has 3 N–H and O–H groups in total. The largest absolute Gasteiger partial charge is 0.351 e. The highest BCUT2D eigenvalue weighted by Gasteiger charge is 2.15. The molecule has 1 heterocycles. The summed E-state index contributed by atoms with van der Waals surface area (Å²) in [6.45, 7) is 2.03. The number of nitrogens with zero attached hydrogens (tertiary/aromatic N) is 2. The van der Waals surface area contributed by atoms with Crippen LogP contribution < -0.4 is 11.1 Å². The summed E-state index contributed by atoms with van der Waals surface area (Å²) in [5.41, 5.74) is 9.03. The van der Waals surface area contributed by atoms with Gasteiger partial charge in [0.1, 0.15) is 0 Å². The number of thioether (sulfide) groups is 1. The number of aryl methyl sites for hydroxylation is 1. The molecule has 26 heavy (non-hydrogen) atoms. The van der Waals surface area contributed by atoms with Gasteiger partial charge in [0.2, 0.25) is 5.91 Å². The topological polar surface area (TPSA) is 90.0 Å². The van der Waals surface area contributed by atoms with Gasteiger partial charge >= 0.3 is 6.03 Å². The van der Waals surface area contributed by atoms with E-state index in [4.69, 9.17) is 5.73 Å². The quantitative estimate of drug-likeness (QED) is 0.679. The van der Waals surface area contributed by atoms with Crippen LogP contribution in [0.1, 0.15) is 5.56 Å². The molecule has 1 aromatic heterocycles. The summed E-state index contributed by atoms with van der Waals surface area (Å²) in [4.78, 5) is 27.0. The van der Waals surface area contributed by atoms with Crippen LogP contribution in [0.2, 0.25) is 0 Å². The third-order valence-corrected chi connectivity index (χ3v) is 4.64. The highest BCUT2D eigenvalue weighted by molar-refractivity contribution is 7.99. The van der Waals surface area contributed by atoms with Gasteiger partial charge in [-0.05, 0) is 19.1 Å². The van der Waals surface area contributed by atoms with E-state index in [1.165, 1.54) is 11.8 Å². The molecule has 3 rings (SSSR count). The zero-order valence-corrected chi connectivity index (χ0v) is 15.0. The number of urea groups is 1. The van der Waals surface area contributed by atoms with E-state index >= 15 is 0 Å². The van der Waals surface area contributed by atoms with Crippen LogP contribution in [0.15, 0.2) is 66.0 Å². The highest BCUT2D eigenvalue weighted by Crippen LogP contribution is 2.29. The average Bonchev–Trinajstić information content (AvgIpc) is 3.05. The predicted octanol–water partition coefficient (Wildman–Crippen LogP) is 3.13. The lowest BCUT2D eigenvalue weighted by Crippen LogP contribution is -2.36. The van der Waals surface area contributed by atoms with E-state index in [-0.39, 0.29) is 5.75 Å². The van der Waals surface area contributed by atoms with E-state index in [0.29, 0.717) is 5.16 Å². The summed E-state index contributed by atoms with van der Waals surface area (Å²) < 4.78 is 2.00. The summed E-state index contributed by atoms with van der Waals surface area (Å²) in [6, 6.07) is 17.1. The predicted molar refractivity (Wildman–Crippen MR) is 102 cm³/mol. The molecule has 0 unspecified atom stereocenters. The molecule has 2 aromatic carbocycles. The SMILES string of the molecule is Cc1ccc(-n2c(-c3ccccc3)cnc2SCC(=O)NC(N)=O)cc1. The Bertz CT molecular complexity index is 920. The number of imidazole rings is 1. The smallest absolute Gasteiger partial charge is 0.318 e. The zero-order chi connectivity index (χ0) is 18.5. The first kappa shape index (κ1) is 17.8. The van der Waals surface area contributed by atoms with Crippen molar-refractivity contribution in [3.8, 4) is 16.9 Å². The van der Waals surface area contributed by atoms with Crippen LogP contribution in [0, 0.1) is 6.92 Å².